The van der Waals surface area contributed by atoms with Gasteiger partial charge in [0, 0.05) is 31.4 Å². The van der Waals surface area contributed by atoms with Crippen LogP contribution in [0.25, 0.3) is 0 Å². The molecule has 0 saturated heterocycles. The fourth-order valence-corrected chi connectivity index (χ4v) is 2.76. The second-order valence-electron chi connectivity index (χ2n) is 5.75. The average Bonchev–Trinajstić information content (AvgIpc) is 2.93. The molecule has 106 valence electrons. The summed E-state index contributed by atoms with van der Waals surface area (Å²) >= 11 is 0. The van der Waals surface area contributed by atoms with E-state index in [-0.39, 0.29) is 11.3 Å². The molecular weight excluding hydrogens is 240 g/mol. The maximum Gasteiger partial charge on any atom is 0.227 e. The Kier molecular flexibility index (Phi) is 4.58. The number of imidazole rings is 1. The van der Waals surface area contributed by atoms with Gasteiger partial charge >= 0.3 is 0 Å². The van der Waals surface area contributed by atoms with Gasteiger partial charge < -0.3 is 16.0 Å². The largest absolute Gasteiger partial charge is 0.355 e. The zero-order valence-electron chi connectivity index (χ0n) is 11.6. The van der Waals surface area contributed by atoms with Gasteiger partial charge in [-0.3, -0.25) is 4.79 Å². The number of nitrogens with zero attached hydrogens (tertiary/aromatic N) is 1. The SMILES string of the molecule is CC1CCC(CN)(C(=O)NCCc2cnc[nH]2)CC1. The van der Waals surface area contributed by atoms with Crippen LogP contribution in [0, 0.1) is 11.3 Å². The zero-order valence-corrected chi connectivity index (χ0v) is 11.6. The Morgan fingerprint density at radius 3 is 2.89 bits per heavy atom. The molecule has 1 amide bonds. The number of nitrogens with one attached hydrogen (secondary N) is 2. The Bertz CT molecular complexity index is 394. The molecule has 0 atom stereocenters. The van der Waals surface area contributed by atoms with E-state index in [2.05, 4.69) is 22.2 Å². The van der Waals surface area contributed by atoms with Gasteiger partial charge in [-0.15, -0.1) is 0 Å². The summed E-state index contributed by atoms with van der Waals surface area (Å²) in [6, 6.07) is 0. The van der Waals surface area contributed by atoms with E-state index >= 15 is 0 Å². The van der Waals surface area contributed by atoms with Crippen LogP contribution in [-0.4, -0.2) is 29.0 Å². The molecule has 1 fully saturated rings. The number of aromatic amines is 1. The van der Waals surface area contributed by atoms with Crippen LogP contribution >= 0.6 is 0 Å². The summed E-state index contributed by atoms with van der Waals surface area (Å²) in [5, 5.41) is 3.03. The van der Waals surface area contributed by atoms with E-state index in [9.17, 15) is 4.79 Å². The van der Waals surface area contributed by atoms with Crippen LogP contribution in [0.3, 0.4) is 0 Å². The number of hydrogen-bond acceptors (Lipinski definition) is 3. The standard InChI is InChI=1S/C14H24N4O/c1-11-2-5-14(9-15,6-3-11)13(19)17-7-4-12-8-16-10-18-12/h8,10-11H,2-7,9,15H2,1H3,(H,16,18)(H,17,19). The third-order valence-corrected chi connectivity index (χ3v) is 4.34. The lowest BCUT2D eigenvalue weighted by atomic mass is 9.70. The van der Waals surface area contributed by atoms with Crippen LogP contribution in [0.1, 0.15) is 38.3 Å². The summed E-state index contributed by atoms with van der Waals surface area (Å²) in [6.07, 6.45) is 8.26. The minimum absolute atomic E-state index is 0.126. The van der Waals surface area contributed by atoms with E-state index in [1.807, 2.05) is 0 Å². The molecule has 0 radical (unpaired) electrons. The van der Waals surface area contributed by atoms with Crippen LogP contribution in [0.4, 0.5) is 0 Å². The lowest BCUT2D eigenvalue weighted by molar-refractivity contribution is -0.132. The fourth-order valence-electron chi connectivity index (χ4n) is 2.76. The molecule has 4 N–H and O–H groups in total. The lowest BCUT2D eigenvalue weighted by Gasteiger charge is -2.37. The number of amides is 1. The van der Waals surface area contributed by atoms with Crippen molar-refractivity contribution in [1.29, 1.82) is 0 Å². The van der Waals surface area contributed by atoms with Gasteiger partial charge in [-0.05, 0) is 31.6 Å². The highest BCUT2D eigenvalue weighted by atomic mass is 16.2. The normalized spacial score (nSPS) is 27.2. The molecule has 5 nitrogen and oxygen atoms in total. The second-order valence-corrected chi connectivity index (χ2v) is 5.75. The topological polar surface area (TPSA) is 83.8 Å². The third kappa shape index (κ3) is 3.35. The smallest absolute Gasteiger partial charge is 0.227 e. The van der Waals surface area contributed by atoms with E-state index in [0.29, 0.717) is 13.1 Å². The van der Waals surface area contributed by atoms with Crippen molar-refractivity contribution in [1.82, 2.24) is 15.3 Å². The molecular formula is C14H24N4O. The summed E-state index contributed by atoms with van der Waals surface area (Å²) < 4.78 is 0. The Hall–Kier alpha value is -1.36. The average molecular weight is 264 g/mol. The monoisotopic (exact) mass is 264 g/mol. The van der Waals surface area contributed by atoms with Gasteiger partial charge in [0.05, 0.1) is 11.7 Å². The number of aromatic nitrogens is 2. The fraction of sp³-hybridized carbons (Fsp3) is 0.714. The predicted octanol–water partition coefficient (Wildman–Crippen LogP) is 1.22. The summed E-state index contributed by atoms with van der Waals surface area (Å²) in [5.41, 5.74) is 6.58. The molecule has 0 aromatic carbocycles. The minimum Gasteiger partial charge on any atom is -0.355 e. The molecule has 1 aliphatic carbocycles. The van der Waals surface area contributed by atoms with Gasteiger partial charge in [0.1, 0.15) is 0 Å². The van der Waals surface area contributed by atoms with Gasteiger partial charge in [-0.2, -0.15) is 0 Å². The predicted molar refractivity (Wildman–Crippen MR) is 74.4 cm³/mol. The highest BCUT2D eigenvalue weighted by Crippen LogP contribution is 2.38. The molecule has 5 heteroatoms. The second kappa shape index (κ2) is 6.19. The first-order chi connectivity index (χ1) is 9.16. The zero-order chi connectivity index (χ0) is 13.7. The van der Waals surface area contributed by atoms with E-state index in [0.717, 1.165) is 43.7 Å². The molecule has 1 aliphatic rings. The molecule has 1 saturated carbocycles. The van der Waals surface area contributed by atoms with Crippen LogP contribution in [0.5, 0.6) is 0 Å². The van der Waals surface area contributed by atoms with Crippen molar-refractivity contribution in [3.63, 3.8) is 0 Å². The summed E-state index contributed by atoms with van der Waals surface area (Å²) in [5.74, 6) is 0.846. The Balaban J connectivity index is 1.83. The molecule has 1 aromatic heterocycles. The van der Waals surface area contributed by atoms with Crippen molar-refractivity contribution >= 4 is 5.91 Å². The van der Waals surface area contributed by atoms with E-state index in [4.69, 9.17) is 5.73 Å². The Labute approximate surface area is 114 Å². The van der Waals surface area contributed by atoms with E-state index in [1.165, 1.54) is 0 Å². The van der Waals surface area contributed by atoms with Crippen molar-refractivity contribution < 1.29 is 4.79 Å². The van der Waals surface area contributed by atoms with Gasteiger partial charge in [0.25, 0.3) is 0 Å². The number of rotatable bonds is 5. The number of carbonyl (C=O) groups excluding carboxylic acids is 1. The molecule has 2 rings (SSSR count). The van der Waals surface area contributed by atoms with Crippen molar-refractivity contribution in [2.24, 2.45) is 17.1 Å². The molecule has 0 aliphatic heterocycles. The first-order valence-electron chi connectivity index (χ1n) is 7.12. The van der Waals surface area contributed by atoms with Crippen molar-refractivity contribution in [3.05, 3.63) is 18.2 Å². The maximum atomic E-state index is 12.4. The minimum atomic E-state index is -0.333. The maximum absolute atomic E-state index is 12.4. The molecule has 1 aromatic rings. The number of carbonyl (C=O) groups is 1. The first kappa shape index (κ1) is 14.1. The third-order valence-electron chi connectivity index (χ3n) is 4.34. The molecule has 19 heavy (non-hydrogen) atoms. The van der Waals surface area contributed by atoms with Gasteiger partial charge in [0.15, 0.2) is 0 Å². The number of hydrogen-bond donors (Lipinski definition) is 3. The number of H-pyrrole nitrogens is 1. The molecule has 0 unspecified atom stereocenters. The van der Waals surface area contributed by atoms with Crippen molar-refractivity contribution in [2.45, 2.75) is 39.0 Å². The van der Waals surface area contributed by atoms with Gasteiger partial charge in [-0.25, -0.2) is 4.98 Å². The van der Waals surface area contributed by atoms with Crippen molar-refractivity contribution in [2.75, 3.05) is 13.1 Å². The first-order valence-corrected chi connectivity index (χ1v) is 7.12. The van der Waals surface area contributed by atoms with Crippen LogP contribution in [0.15, 0.2) is 12.5 Å². The van der Waals surface area contributed by atoms with Gasteiger partial charge in [-0.1, -0.05) is 6.92 Å². The summed E-state index contributed by atoms with van der Waals surface area (Å²) in [4.78, 5) is 19.4. The Morgan fingerprint density at radius 2 is 2.32 bits per heavy atom. The lowest BCUT2D eigenvalue weighted by Crippen LogP contribution is -2.48. The Morgan fingerprint density at radius 1 is 1.58 bits per heavy atom. The van der Waals surface area contributed by atoms with Crippen LogP contribution in [-0.2, 0) is 11.2 Å². The van der Waals surface area contributed by atoms with Crippen LogP contribution in [0.2, 0.25) is 0 Å². The molecule has 0 bridgehead atoms. The van der Waals surface area contributed by atoms with E-state index < -0.39 is 0 Å². The van der Waals surface area contributed by atoms with E-state index in [1.54, 1.807) is 12.5 Å². The quantitative estimate of drug-likeness (QED) is 0.747. The molecule has 0 spiro atoms. The summed E-state index contributed by atoms with van der Waals surface area (Å²) in [7, 11) is 0. The number of nitrogens with two attached hydrogens (primary N) is 1. The van der Waals surface area contributed by atoms with Gasteiger partial charge in [0.2, 0.25) is 5.91 Å². The highest BCUT2D eigenvalue weighted by molar-refractivity contribution is 5.83. The van der Waals surface area contributed by atoms with Crippen LogP contribution < -0.4 is 11.1 Å². The summed E-state index contributed by atoms with van der Waals surface area (Å²) in [6.45, 7) is 3.34. The van der Waals surface area contributed by atoms with Crippen molar-refractivity contribution in [3.8, 4) is 0 Å². The molecule has 1 heterocycles. The highest BCUT2D eigenvalue weighted by Gasteiger charge is 2.39.